The summed E-state index contributed by atoms with van der Waals surface area (Å²) in [6.45, 7) is 11.1. The fraction of sp³-hybridized carbons (Fsp3) is 0.280. The number of aromatic nitrogens is 2. The molecule has 0 aliphatic carbocycles. The van der Waals surface area contributed by atoms with E-state index < -0.39 is 6.03 Å². The highest BCUT2D eigenvalue weighted by Crippen LogP contribution is 2.36. The maximum atomic E-state index is 12.7. The molecule has 3 aromatic rings. The van der Waals surface area contributed by atoms with Crippen LogP contribution in [0.5, 0.6) is 0 Å². The van der Waals surface area contributed by atoms with Crippen LogP contribution in [0.3, 0.4) is 0 Å². The predicted octanol–water partition coefficient (Wildman–Crippen LogP) is 5.01. The maximum Gasteiger partial charge on any atom is 0.324 e. The number of H-pyrrole nitrogens is 1. The first-order valence-corrected chi connectivity index (χ1v) is 11.1. The molecule has 182 valence electrons. The van der Waals surface area contributed by atoms with Gasteiger partial charge in [0.25, 0.3) is 5.91 Å². The Labute approximate surface area is 202 Å². The highest BCUT2D eigenvalue weighted by molar-refractivity contribution is 6.35. The molecule has 0 unspecified atom stereocenters. The van der Waals surface area contributed by atoms with Gasteiger partial charge in [-0.05, 0) is 37.6 Å². The number of hydrogen-bond acceptors (Lipinski definition) is 5. The number of fused-ring (bicyclic) bond motifs is 1. The number of nitrogens with one attached hydrogen (secondary N) is 5. The molecule has 4 rings (SSSR count). The van der Waals surface area contributed by atoms with Crippen molar-refractivity contribution in [1.82, 2.24) is 10.1 Å². The van der Waals surface area contributed by atoms with Gasteiger partial charge in [-0.2, -0.15) is 0 Å². The van der Waals surface area contributed by atoms with E-state index in [2.05, 4.69) is 31.4 Å². The van der Waals surface area contributed by atoms with Crippen LogP contribution < -0.4 is 21.3 Å². The first kappa shape index (κ1) is 23.8. The van der Waals surface area contributed by atoms with Crippen molar-refractivity contribution in [3.05, 3.63) is 52.5 Å². The quantitative estimate of drug-likeness (QED) is 0.337. The molecule has 1 aliphatic rings. The summed E-state index contributed by atoms with van der Waals surface area (Å²) in [7, 11) is 0. The third-order valence-electron chi connectivity index (χ3n) is 5.62. The first-order chi connectivity index (χ1) is 16.4. The van der Waals surface area contributed by atoms with Gasteiger partial charge in [0.2, 0.25) is 5.91 Å². The summed E-state index contributed by atoms with van der Waals surface area (Å²) >= 11 is 0. The minimum atomic E-state index is -0.484. The molecule has 4 amide bonds. The Hall–Kier alpha value is -4.34. The van der Waals surface area contributed by atoms with E-state index in [9.17, 15) is 14.4 Å². The lowest BCUT2D eigenvalue weighted by Crippen LogP contribution is -2.19. The molecule has 1 aliphatic heterocycles. The largest absolute Gasteiger partial charge is 0.359 e. The smallest absolute Gasteiger partial charge is 0.324 e. The van der Waals surface area contributed by atoms with Crippen LogP contribution >= 0.6 is 0 Å². The molecule has 5 N–H and O–H groups in total. The van der Waals surface area contributed by atoms with Gasteiger partial charge in [-0.3, -0.25) is 14.9 Å². The lowest BCUT2D eigenvalue weighted by atomic mass is 9.93. The number of benzene rings is 1. The third kappa shape index (κ3) is 4.96. The molecule has 0 saturated carbocycles. The lowest BCUT2D eigenvalue weighted by Gasteiger charge is -2.12. The molecule has 35 heavy (non-hydrogen) atoms. The fourth-order valence-electron chi connectivity index (χ4n) is 3.81. The second-order valence-corrected chi connectivity index (χ2v) is 9.52. The van der Waals surface area contributed by atoms with Crippen molar-refractivity contribution in [2.75, 3.05) is 21.3 Å². The minimum absolute atomic E-state index is 0.166. The third-order valence-corrected chi connectivity index (χ3v) is 5.62. The number of rotatable bonds is 4. The Morgan fingerprint density at radius 3 is 2.49 bits per heavy atom. The zero-order valence-corrected chi connectivity index (χ0v) is 20.5. The second kappa shape index (κ2) is 8.79. The van der Waals surface area contributed by atoms with E-state index in [-0.39, 0.29) is 17.2 Å². The Balaban J connectivity index is 1.52. The molecule has 10 nitrogen and oxygen atoms in total. The Kier molecular flexibility index (Phi) is 5.98. The molecule has 1 aromatic carbocycles. The van der Waals surface area contributed by atoms with E-state index >= 15 is 0 Å². The van der Waals surface area contributed by atoms with Crippen LogP contribution in [-0.4, -0.2) is 28.0 Å². The number of carbonyl (C=O) groups excluding carboxylic acids is 3. The molecule has 0 fully saturated rings. The van der Waals surface area contributed by atoms with Gasteiger partial charge in [-0.15, -0.1) is 0 Å². The number of carbonyl (C=O) groups is 3. The molecule has 0 atom stereocenters. The molecule has 0 radical (unpaired) electrons. The summed E-state index contributed by atoms with van der Waals surface area (Å²) in [5.41, 5.74) is 5.12. The van der Waals surface area contributed by atoms with Crippen molar-refractivity contribution < 1.29 is 18.9 Å². The van der Waals surface area contributed by atoms with Gasteiger partial charge in [0.15, 0.2) is 5.82 Å². The number of anilines is 4. The maximum absolute atomic E-state index is 12.7. The van der Waals surface area contributed by atoms with Crippen LogP contribution in [0.2, 0.25) is 0 Å². The van der Waals surface area contributed by atoms with Crippen molar-refractivity contribution in [2.24, 2.45) is 0 Å². The van der Waals surface area contributed by atoms with Crippen LogP contribution in [-0.2, 0) is 15.0 Å². The van der Waals surface area contributed by atoms with E-state index in [1.807, 2.05) is 34.6 Å². The zero-order chi connectivity index (χ0) is 25.5. The van der Waals surface area contributed by atoms with Gasteiger partial charge in [-0.1, -0.05) is 32.0 Å². The van der Waals surface area contributed by atoms with Crippen LogP contribution in [0.4, 0.5) is 27.7 Å². The van der Waals surface area contributed by atoms with Crippen molar-refractivity contribution in [3.8, 4) is 0 Å². The number of urea groups is 1. The lowest BCUT2D eigenvalue weighted by molar-refractivity contribution is -0.114. The topological polar surface area (TPSA) is 141 Å². The second-order valence-electron chi connectivity index (χ2n) is 9.52. The van der Waals surface area contributed by atoms with Crippen molar-refractivity contribution >= 4 is 52.4 Å². The van der Waals surface area contributed by atoms with Crippen LogP contribution in [0.1, 0.15) is 56.0 Å². The molecule has 3 heterocycles. The highest BCUT2D eigenvalue weighted by Gasteiger charge is 2.26. The summed E-state index contributed by atoms with van der Waals surface area (Å²) < 4.78 is 5.28. The Bertz CT molecular complexity index is 1370. The van der Waals surface area contributed by atoms with Gasteiger partial charge in [0, 0.05) is 41.0 Å². The summed E-state index contributed by atoms with van der Waals surface area (Å²) in [6, 6.07) is 6.36. The molecular weight excluding hydrogens is 448 g/mol. The predicted molar refractivity (Wildman–Crippen MR) is 135 cm³/mol. The normalized spacial score (nSPS) is 14.0. The van der Waals surface area contributed by atoms with Gasteiger partial charge in [0.1, 0.15) is 5.76 Å². The van der Waals surface area contributed by atoms with E-state index in [1.54, 1.807) is 30.3 Å². The molecular formula is C25H28N6O4. The van der Waals surface area contributed by atoms with Crippen LogP contribution in [0.15, 0.2) is 28.8 Å². The van der Waals surface area contributed by atoms with E-state index in [4.69, 9.17) is 4.52 Å². The molecule has 0 saturated heterocycles. The van der Waals surface area contributed by atoms with Crippen molar-refractivity contribution in [3.63, 3.8) is 0 Å². The SMILES string of the molecule is CC(=O)Nc1c(C)[nH]c(/C=C2\C(=O)Nc3cc(NC(=O)Nc4cc(C(C)(C)C)on4)ccc32)c1C. The standard InChI is InChI=1S/C25H28N6O4/c1-12-18(26-13(2)22(12)27-14(3)32)10-17-16-8-7-15(9-19(16)29-23(17)33)28-24(34)30-21-11-20(35-31-21)25(4,5)6/h7-11,26H,1-6H3,(H,27,32)(H,29,33)(H2,28,30,31,34)/b17-10-. The van der Waals surface area contributed by atoms with Gasteiger partial charge < -0.3 is 25.5 Å². The Morgan fingerprint density at radius 2 is 1.83 bits per heavy atom. The Morgan fingerprint density at radius 1 is 1.09 bits per heavy atom. The van der Waals surface area contributed by atoms with Gasteiger partial charge in [0.05, 0.1) is 16.9 Å². The summed E-state index contributed by atoms with van der Waals surface area (Å²) in [5, 5.41) is 14.9. The monoisotopic (exact) mass is 476 g/mol. The van der Waals surface area contributed by atoms with E-state index in [0.717, 1.165) is 17.0 Å². The van der Waals surface area contributed by atoms with E-state index in [1.165, 1.54) is 6.92 Å². The van der Waals surface area contributed by atoms with Crippen molar-refractivity contribution in [2.45, 2.75) is 47.0 Å². The number of amides is 4. The van der Waals surface area contributed by atoms with Gasteiger partial charge >= 0.3 is 6.03 Å². The number of aryl methyl sites for hydroxylation is 1. The molecule has 10 heteroatoms. The van der Waals surface area contributed by atoms with E-state index in [0.29, 0.717) is 39.8 Å². The summed E-state index contributed by atoms with van der Waals surface area (Å²) in [6.07, 6.45) is 1.76. The highest BCUT2D eigenvalue weighted by atomic mass is 16.5. The average Bonchev–Trinajstić information content (AvgIpc) is 3.41. The zero-order valence-electron chi connectivity index (χ0n) is 20.5. The fourth-order valence-corrected chi connectivity index (χ4v) is 3.81. The number of aromatic amines is 1. The van der Waals surface area contributed by atoms with Crippen LogP contribution in [0, 0.1) is 13.8 Å². The summed E-state index contributed by atoms with van der Waals surface area (Å²) in [4.78, 5) is 39.8. The van der Waals surface area contributed by atoms with Gasteiger partial charge in [-0.25, -0.2) is 4.79 Å². The number of hydrogen-bond donors (Lipinski definition) is 5. The average molecular weight is 477 g/mol. The van der Waals surface area contributed by atoms with Crippen molar-refractivity contribution in [1.29, 1.82) is 0 Å². The summed E-state index contributed by atoms with van der Waals surface area (Å²) in [5.74, 6) is 0.540. The minimum Gasteiger partial charge on any atom is -0.359 e. The van der Waals surface area contributed by atoms with Crippen LogP contribution in [0.25, 0.3) is 11.6 Å². The first-order valence-electron chi connectivity index (χ1n) is 11.1. The molecule has 0 bridgehead atoms. The molecule has 2 aromatic heterocycles. The number of nitrogens with zero attached hydrogens (tertiary/aromatic N) is 1. The molecule has 0 spiro atoms.